The predicted octanol–water partition coefficient (Wildman–Crippen LogP) is 5.66. The molecular formula is C36H39F3N8O2. The Balaban J connectivity index is 1.10. The molecule has 0 radical (unpaired) electrons. The summed E-state index contributed by atoms with van der Waals surface area (Å²) >= 11 is 0. The van der Waals surface area contributed by atoms with E-state index in [1.54, 1.807) is 9.58 Å². The van der Waals surface area contributed by atoms with Gasteiger partial charge < -0.3 is 25.0 Å². The van der Waals surface area contributed by atoms with Crippen molar-refractivity contribution >= 4 is 39.6 Å². The number of likely N-dealkylation sites (tertiary alicyclic amines) is 1. The van der Waals surface area contributed by atoms with Gasteiger partial charge >= 0.3 is 12.2 Å². The van der Waals surface area contributed by atoms with Crippen LogP contribution in [0.15, 0.2) is 72.9 Å². The van der Waals surface area contributed by atoms with Gasteiger partial charge in [0, 0.05) is 55.4 Å². The van der Waals surface area contributed by atoms with E-state index >= 15 is 0 Å². The Morgan fingerprint density at radius 2 is 1.80 bits per heavy atom. The highest BCUT2D eigenvalue weighted by atomic mass is 19.4. The summed E-state index contributed by atoms with van der Waals surface area (Å²) in [6, 6.07) is 18.1. The first kappa shape index (κ1) is 32.6. The topological polar surface area (TPSA) is 102 Å². The van der Waals surface area contributed by atoms with Crippen LogP contribution >= 0.6 is 0 Å². The number of piperidine rings is 1. The number of anilines is 1. The van der Waals surface area contributed by atoms with Crippen molar-refractivity contribution in [1.29, 1.82) is 0 Å². The van der Waals surface area contributed by atoms with E-state index in [0.717, 1.165) is 52.8 Å². The zero-order valence-corrected chi connectivity index (χ0v) is 27.5. The van der Waals surface area contributed by atoms with Crippen molar-refractivity contribution in [2.75, 3.05) is 45.2 Å². The van der Waals surface area contributed by atoms with Gasteiger partial charge in [0.25, 0.3) is 0 Å². The summed E-state index contributed by atoms with van der Waals surface area (Å²) in [5, 5.41) is 12.3. The number of H-pyrrole nitrogens is 1. The molecule has 1 fully saturated rings. The Morgan fingerprint density at radius 1 is 1.04 bits per heavy atom. The van der Waals surface area contributed by atoms with Gasteiger partial charge in [0.15, 0.2) is 0 Å². The Bertz CT molecular complexity index is 1980. The van der Waals surface area contributed by atoms with E-state index in [1.807, 2.05) is 67.7 Å². The first-order chi connectivity index (χ1) is 23.5. The molecule has 2 aliphatic heterocycles. The van der Waals surface area contributed by atoms with Gasteiger partial charge in [0.2, 0.25) is 5.91 Å². The van der Waals surface area contributed by atoms with Crippen LogP contribution in [0.5, 0.6) is 0 Å². The molecule has 3 aromatic carbocycles. The van der Waals surface area contributed by atoms with Crippen molar-refractivity contribution in [3.63, 3.8) is 0 Å². The number of nitrogens with one attached hydrogen (secondary N) is 2. The maximum absolute atomic E-state index is 14.6. The fourth-order valence-corrected chi connectivity index (χ4v) is 7.38. The minimum absolute atomic E-state index is 0.132. The van der Waals surface area contributed by atoms with E-state index in [0.29, 0.717) is 44.4 Å². The summed E-state index contributed by atoms with van der Waals surface area (Å²) in [5.74, 6) is 0.0852. The molecule has 0 spiro atoms. The maximum atomic E-state index is 14.6. The van der Waals surface area contributed by atoms with Gasteiger partial charge in [-0.25, -0.2) is 9.48 Å². The predicted molar refractivity (Wildman–Crippen MR) is 181 cm³/mol. The quantitative estimate of drug-likeness (QED) is 0.233. The number of rotatable bonds is 7. The van der Waals surface area contributed by atoms with Crippen LogP contribution in [0, 0.1) is 5.92 Å². The van der Waals surface area contributed by atoms with E-state index in [9.17, 15) is 22.8 Å². The van der Waals surface area contributed by atoms with Crippen LogP contribution in [0.1, 0.15) is 35.6 Å². The van der Waals surface area contributed by atoms with Crippen molar-refractivity contribution in [1.82, 2.24) is 35.1 Å². The molecule has 2 aromatic heterocycles. The van der Waals surface area contributed by atoms with Gasteiger partial charge in [-0.2, -0.15) is 13.2 Å². The lowest BCUT2D eigenvalue weighted by Gasteiger charge is -2.38. The molecule has 0 aliphatic carbocycles. The van der Waals surface area contributed by atoms with Gasteiger partial charge in [-0.05, 0) is 80.7 Å². The molecule has 0 saturated carbocycles. The number of urea groups is 1. The van der Waals surface area contributed by atoms with Crippen molar-refractivity contribution in [3.05, 3.63) is 89.6 Å². The van der Waals surface area contributed by atoms with Crippen LogP contribution in [-0.2, 0) is 23.8 Å². The van der Waals surface area contributed by atoms with Crippen LogP contribution in [0.25, 0.3) is 21.9 Å². The van der Waals surface area contributed by atoms with Gasteiger partial charge in [0.1, 0.15) is 11.6 Å². The number of aromatic amines is 1. The van der Waals surface area contributed by atoms with E-state index in [1.165, 1.54) is 6.07 Å². The van der Waals surface area contributed by atoms with Gasteiger partial charge in [-0.3, -0.25) is 4.79 Å². The number of hydrogen-bond donors (Lipinski definition) is 2. The second-order valence-electron chi connectivity index (χ2n) is 13.4. The molecule has 10 nitrogen and oxygen atoms in total. The number of carbonyl (C=O) groups is 2. The van der Waals surface area contributed by atoms with E-state index < -0.39 is 17.8 Å². The average molecular weight is 673 g/mol. The van der Waals surface area contributed by atoms with Crippen LogP contribution in [-0.4, -0.2) is 88.0 Å². The number of hydrogen-bond acceptors (Lipinski definition) is 5. The second-order valence-corrected chi connectivity index (χ2v) is 13.4. The highest BCUT2D eigenvalue weighted by molar-refractivity contribution is 6.00. The standard InChI is InChI=1S/C36H39F3N8O2/c1-44(2)21-23-17-24-7-3-6-10-32(24)46(22-23)34(48)31(18-25-20-40-29-9-5-4-8-28(25)29)41-35(49)45-15-13-27(14-16-45)47-33-12-11-26(36(37,38)39)19-30(33)42-43-47/h3-12,19-20,23,27,31,40H,13-18,21-22H2,1-2H3,(H,41,49)/t23-,31?/m0/s1. The summed E-state index contributed by atoms with van der Waals surface area (Å²) < 4.78 is 41.3. The van der Waals surface area contributed by atoms with Gasteiger partial charge in [0.05, 0.1) is 17.1 Å². The third-order valence-corrected chi connectivity index (χ3v) is 9.71. The highest BCUT2D eigenvalue weighted by Crippen LogP contribution is 2.33. The van der Waals surface area contributed by atoms with Gasteiger partial charge in [-0.1, -0.05) is 41.6 Å². The smallest absolute Gasteiger partial charge is 0.361 e. The average Bonchev–Trinajstić information content (AvgIpc) is 3.70. The number of amides is 3. The number of fused-ring (bicyclic) bond motifs is 3. The minimum atomic E-state index is -4.46. The van der Waals surface area contributed by atoms with E-state index in [2.05, 4.69) is 31.6 Å². The largest absolute Gasteiger partial charge is 0.416 e. The number of carbonyl (C=O) groups excluding carboxylic acids is 2. The Hall–Kier alpha value is -4.91. The summed E-state index contributed by atoms with van der Waals surface area (Å²) in [5.41, 5.74) is 3.83. The molecule has 1 unspecified atom stereocenters. The Labute approximate surface area is 281 Å². The zero-order chi connectivity index (χ0) is 34.3. The van der Waals surface area contributed by atoms with Crippen LogP contribution in [0.3, 0.4) is 0 Å². The minimum Gasteiger partial charge on any atom is -0.361 e. The summed E-state index contributed by atoms with van der Waals surface area (Å²) in [7, 11) is 4.07. The molecule has 2 N–H and O–H groups in total. The zero-order valence-electron chi connectivity index (χ0n) is 27.5. The third-order valence-electron chi connectivity index (χ3n) is 9.71. The number of aromatic nitrogens is 4. The monoisotopic (exact) mass is 672 g/mol. The highest BCUT2D eigenvalue weighted by Gasteiger charge is 2.36. The summed E-state index contributed by atoms with van der Waals surface area (Å²) in [6.45, 7) is 2.17. The molecular weight excluding hydrogens is 633 g/mol. The number of para-hydroxylation sites is 2. The van der Waals surface area contributed by atoms with Crippen molar-refractivity contribution in [2.24, 2.45) is 5.92 Å². The molecule has 256 valence electrons. The van der Waals surface area contributed by atoms with Crippen molar-refractivity contribution < 1.29 is 22.8 Å². The van der Waals surface area contributed by atoms with Gasteiger partial charge in [-0.15, -0.1) is 5.10 Å². The van der Waals surface area contributed by atoms with Crippen LogP contribution in [0.2, 0.25) is 0 Å². The SMILES string of the molecule is CN(C)C[C@@H]1Cc2ccccc2N(C(=O)C(Cc2c[nH]c3ccccc23)NC(=O)N2CCC(n3nnc4cc(C(F)(F)F)ccc43)CC2)C1. The Morgan fingerprint density at radius 3 is 2.57 bits per heavy atom. The number of nitrogens with zero attached hydrogens (tertiary/aromatic N) is 6. The number of halogens is 3. The normalized spacial score (nSPS) is 17.9. The van der Waals surface area contributed by atoms with Crippen LogP contribution < -0.4 is 10.2 Å². The molecule has 1 saturated heterocycles. The lowest BCUT2D eigenvalue weighted by atomic mass is 9.91. The molecule has 2 atom stereocenters. The molecule has 0 bridgehead atoms. The molecule has 3 amide bonds. The maximum Gasteiger partial charge on any atom is 0.416 e. The molecule has 49 heavy (non-hydrogen) atoms. The van der Waals surface area contributed by atoms with Crippen LogP contribution in [0.4, 0.5) is 23.7 Å². The fraction of sp³-hybridized carbons (Fsp3) is 0.389. The molecule has 5 aromatic rings. The van der Waals surface area contributed by atoms with E-state index in [4.69, 9.17) is 0 Å². The lowest BCUT2D eigenvalue weighted by molar-refractivity contribution is -0.137. The Kier molecular flexibility index (Phi) is 8.78. The number of benzene rings is 3. The summed E-state index contributed by atoms with van der Waals surface area (Å²) in [6.07, 6.45) is -0.291. The first-order valence-corrected chi connectivity index (χ1v) is 16.6. The lowest BCUT2D eigenvalue weighted by Crippen LogP contribution is -2.56. The number of alkyl halides is 3. The first-order valence-electron chi connectivity index (χ1n) is 16.6. The van der Waals surface area contributed by atoms with Crippen molar-refractivity contribution in [2.45, 2.75) is 43.9 Å². The summed E-state index contributed by atoms with van der Waals surface area (Å²) in [4.78, 5) is 37.4. The molecule has 2 aliphatic rings. The molecule has 7 rings (SSSR count). The third kappa shape index (κ3) is 6.71. The fourth-order valence-electron chi connectivity index (χ4n) is 7.38. The van der Waals surface area contributed by atoms with E-state index in [-0.39, 0.29) is 29.4 Å². The molecule has 4 heterocycles. The second kappa shape index (κ2) is 13.2. The molecule has 13 heteroatoms. The van der Waals surface area contributed by atoms with Crippen molar-refractivity contribution in [3.8, 4) is 0 Å².